The van der Waals surface area contributed by atoms with E-state index in [1.165, 1.54) is 39.2 Å². The third-order valence-electron chi connectivity index (χ3n) is 7.54. The van der Waals surface area contributed by atoms with E-state index in [-0.39, 0.29) is 55.6 Å². The van der Waals surface area contributed by atoms with Crippen LogP contribution in [0, 0.1) is 10.1 Å². The molecule has 1 heterocycles. The minimum atomic E-state index is -3.57. The van der Waals surface area contributed by atoms with Crippen LogP contribution >= 0.6 is 0 Å². The molecule has 250 valence electrons. The molecule has 0 spiro atoms. The molecule has 0 N–H and O–H groups in total. The van der Waals surface area contributed by atoms with Crippen LogP contribution < -0.4 is 4.31 Å². The molecule has 3 aromatic carbocycles. The molecule has 1 aliphatic rings. The highest BCUT2D eigenvalue weighted by Crippen LogP contribution is 2.31. The molecule has 13 heteroatoms. The molecule has 0 radical (unpaired) electrons. The van der Waals surface area contributed by atoms with E-state index in [0.717, 1.165) is 5.56 Å². The first-order valence-corrected chi connectivity index (χ1v) is 16.8. The van der Waals surface area contributed by atoms with Crippen LogP contribution in [0.5, 0.6) is 0 Å². The SMILES string of the molecule is C=S(=O)(c1ccccc1[N+](=O)[O-])N(CC[C@@H]1CN(C(=O)OCc2ccccc2)CCN1C(=O)OC(C)(C)C)c1cccc(C(C)=O)c1. The van der Waals surface area contributed by atoms with Crippen molar-refractivity contribution < 1.29 is 33.0 Å². The Kier molecular flexibility index (Phi) is 10.9. The molecule has 1 saturated heterocycles. The maximum absolute atomic E-state index is 14.6. The Morgan fingerprint density at radius 1 is 1.00 bits per heavy atom. The number of piperazine rings is 1. The van der Waals surface area contributed by atoms with Gasteiger partial charge < -0.3 is 19.3 Å². The maximum Gasteiger partial charge on any atom is 0.410 e. The molecule has 1 fully saturated rings. The Balaban J connectivity index is 1.67. The second-order valence-corrected chi connectivity index (χ2v) is 14.3. The molecule has 12 nitrogen and oxygen atoms in total. The number of nitro groups is 1. The Hall–Kier alpha value is -4.91. The van der Waals surface area contributed by atoms with Crippen LogP contribution in [0.25, 0.3) is 0 Å². The summed E-state index contributed by atoms with van der Waals surface area (Å²) >= 11 is 0. The van der Waals surface area contributed by atoms with Gasteiger partial charge in [-0.15, -0.1) is 0 Å². The van der Waals surface area contributed by atoms with Crippen LogP contribution in [0.4, 0.5) is 21.0 Å². The normalized spacial score (nSPS) is 16.1. The number of benzene rings is 3. The van der Waals surface area contributed by atoms with Crippen molar-refractivity contribution >= 4 is 44.9 Å². The zero-order valence-corrected chi connectivity index (χ0v) is 27.8. The number of ether oxygens (including phenoxy) is 2. The lowest BCUT2D eigenvalue weighted by Gasteiger charge is -2.42. The molecule has 3 aromatic rings. The van der Waals surface area contributed by atoms with Gasteiger partial charge in [0, 0.05) is 43.5 Å². The topological polar surface area (TPSA) is 140 Å². The van der Waals surface area contributed by atoms with Crippen molar-refractivity contribution in [3.63, 3.8) is 0 Å². The number of para-hydroxylation sites is 1. The van der Waals surface area contributed by atoms with Crippen LogP contribution in [0.15, 0.2) is 83.8 Å². The van der Waals surface area contributed by atoms with Gasteiger partial charge in [0.2, 0.25) is 0 Å². The Morgan fingerprint density at radius 3 is 2.34 bits per heavy atom. The minimum absolute atomic E-state index is 0.00733. The van der Waals surface area contributed by atoms with Gasteiger partial charge in [-0.3, -0.25) is 19.2 Å². The van der Waals surface area contributed by atoms with Gasteiger partial charge in [0.25, 0.3) is 5.69 Å². The highest BCUT2D eigenvalue weighted by Gasteiger charge is 2.37. The smallest absolute Gasteiger partial charge is 0.410 e. The van der Waals surface area contributed by atoms with Crippen molar-refractivity contribution in [2.45, 2.75) is 57.3 Å². The lowest BCUT2D eigenvalue weighted by molar-refractivity contribution is -0.387. The summed E-state index contributed by atoms with van der Waals surface area (Å²) in [5.74, 6) is 3.75. The summed E-state index contributed by atoms with van der Waals surface area (Å²) < 4.78 is 27.3. The molecule has 1 unspecified atom stereocenters. The average Bonchev–Trinajstić information content (AvgIpc) is 3.03. The van der Waals surface area contributed by atoms with Gasteiger partial charge in [0.15, 0.2) is 5.78 Å². The van der Waals surface area contributed by atoms with Gasteiger partial charge in [0.05, 0.1) is 20.7 Å². The predicted octanol–water partition coefficient (Wildman–Crippen LogP) is 5.94. The van der Waals surface area contributed by atoms with E-state index in [1.807, 2.05) is 30.3 Å². The second kappa shape index (κ2) is 14.7. The fraction of sp³-hybridized carbons (Fsp3) is 0.353. The number of hydrogen-bond acceptors (Lipinski definition) is 8. The molecule has 1 aliphatic heterocycles. The van der Waals surface area contributed by atoms with Crippen LogP contribution in [0.2, 0.25) is 0 Å². The number of carbonyl (C=O) groups is 3. The zero-order chi connectivity index (χ0) is 34.4. The molecule has 2 atom stereocenters. The highest BCUT2D eigenvalue weighted by atomic mass is 32.2. The van der Waals surface area contributed by atoms with Gasteiger partial charge in [-0.05, 0) is 63.7 Å². The summed E-state index contributed by atoms with van der Waals surface area (Å²) in [6.45, 7) is 7.20. The van der Waals surface area contributed by atoms with Gasteiger partial charge >= 0.3 is 12.2 Å². The fourth-order valence-electron chi connectivity index (χ4n) is 5.23. The molecule has 0 aliphatic carbocycles. The summed E-state index contributed by atoms with van der Waals surface area (Å²) in [4.78, 5) is 53.0. The number of hydrogen-bond donors (Lipinski definition) is 0. The molecule has 2 amide bonds. The molecular formula is C34H40N4O8S. The molecule has 0 bridgehead atoms. The summed E-state index contributed by atoms with van der Waals surface area (Å²) in [6, 6.07) is 20.8. The van der Waals surface area contributed by atoms with E-state index >= 15 is 0 Å². The lowest BCUT2D eigenvalue weighted by atomic mass is 10.1. The van der Waals surface area contributed by atoms with Crippen molar-refractivity contribution in [3.05, 3.63) is 100 Å². The van der Waals surface area contributed by atoms with Crippen LogP contribution in [-0.4, -0.2) is 80.6 Å². The third-order valence-corrected chi connectivity index (χ3v) is 9.68. The summed E-state index contributed by atoms with van der Waals surface area (Å²) in [5, 5.41) is 11.9. The lowest BCUT2D eigenvalue weighted by Crippen LogP contribution is -2.58. The van der Waals surface area contributed by atoms with Crippen molar-refractivity contribution in [2.24, 2.45) is 0 Å². The van der Waals surface area contributed by atoms with E-state index in [0.29, 0.717) is 11.3 Å². The number of anilines is 1. The molecular weight excluding hydrogens is 624 g/mol. The van der Waals surface area contributed by atoms with Crippen LogP contribution in [0.3, 0.4) is 0 Å². The van der Waals surface area contributed by atoms with Gasteiger partial charge in [0.1, 0.15) is 17.1 Å². The van der Waals surface area contributed by atoms with Crippen LogP contribution in [0.1, 0.15) is 50.0 Å². The van der Waals surface area contributed by atoms with E-state index in [2.05, 4.69) is 5.87 Å². The predicted molar refractivity (Wildman–Crippen MR) is 180 cm³/mol. The van der Waals surface area contributed by atoms with Crippen molar-refractivity contribution in [2.75, 3.05) is 30.5 Å². The summed E-state index contributed by atoms with van der Waals surface area (Å²) in [7, 11) is -3.57. The van der Waals surface area contributed by atoms with Gasteiger partial charge in [-0.25, -0.2) is 13.8 Å². The third kappa shape index (κ3) is 8.88. The number of nitro benzene ring substituents is 1. The molecule has 47 heavy (non-hydrogen) atoms. The Labute approximate surface area is 275 Å². The van der Waals surface area contributed by atoms with Crippen molar-refractivity contribution in [1.29, 1.82) is 0 Å². The number of carbonyl (C=O) groups excluding carboxylic acids is 3. The highest BCUT2D eigenvalue weighted by molar-refractivity contribution is 8.01. The first-order chi connectivity index (χ1) is 22.2. The summed E-state index contributed by atoms with van der Waals surface area (Å²) in [5.41, 5.74) is 0.398. The van der Waals surface area contributed by atoms with E-state index in [1.54, 1.807) is 51.1 Å². The summed E-state index contributed by atoms with van der Waals surface area (Å²) in [6.07, 6.45) is -0.951. The minimum Gasteiger partial charge on any atom is -0.445 e. The largest absolute Gasteiger partial charge is 0.445 e. The monoisotopic (exact) mass is 664 g/mol. The van der Waals surface area contributed by atoms with E-state index in [4.69, 9.17) is 9.47 Å². The number of Topliss-reactive ketones (excluding diaryl/α,β-unsaturated/α-hetero) is 1. The first-order valence-electron chi connectivity index (χ1n) is 15.1. The van der Waals surface area contributed by atoms with Crippen molar-refractivity contribution in [3.8, 4) is 0 Å². The number of ketones is 1. The first kappa shape index (κ1) is 35.0. The number of amides is 2. The van der Waals surface area contributed by atoms with Gasteiger partial charge in [-0.1, -0.05) is 54.6 Å². The number of nitrogens with zero attached hydrogens (tertiary/aromatic N) is 4. The van der Waals surface area contributed by atoms with Crippen LogP contribution in [-0.2, 0) is 25.8 Å². The zero-order valence-electron chi connectivity index (χ0n) is 27.0. The molecule has 0 aromatic heterocycles. The molecule has 0 saturated carbocycles. The van der Waals surface area contributed by atoms with Gasteiger partial charge in [-0.2, -0.15) is 0 Å². The van der Waals surface area contributed by atoms with Crippen molar-refractivity contribution in [1.82, 2.24) is 9.80 Å². The quantitative estimate of drug-likeness (QED) is 0.112. The average molecular weight is 665 g/mol. The Bertz CT molecular complexity index is 1720. The second-order valence-electron chi connectivity index (χ2n) is 12.2. The Morgan fingerprint density at radius 2 is 1.68 bits per heavy atom. The number of rotatable bonds is 10. The fourth-order valence-corrected chi connectivity index (χ4v) is 7.08. The standard InChI is InChI=1S/C34H40N4O8S/c1-25(39)27-14-11-15-28(22-27)37(47(5,44)31-17-10-9-16-30(31)38(42)43)19-18-29-23-35(20-21-36(29)33(41)46-34(2,3)4)32(40)45-24-26-12-7-6-8-13-26/h6-17,22,29H,5,18-21,23-24H2,1-4H3/t29-,47?/m1/s1. The maximum atomic E-state index is 14.6. The van der Waals surface area contributed by atoms with E-state index < -0.39 is 38.5 Å². The molecule has 4 rings (SSSR count). The van der Waals surface area contributed by atoms with E-state index in [9.17, 15) is 28.7 Å².